The first-order valence-electron chi connectivity index (χ1n) is 8.10. The van der Waals surface area contributed by atoms with E-state index in [0.717, 1.165) is 5.56 Å². The largest absolute Gasteiger partial charge is 0.490 e. The van der Waals surface area contributed by atoms with Crippen molar-refractivity contribution in [2.24, 2.45) is 0 Å². The maximum atomic E-state index is 12.5. The topological polar surface area (TPSA) is 64.6 Å². The van der Waals surface area contributed by atoms with Crippen molar-refractivity contribution in [3.05, 3.63) is 53.1 Å². The SMILES string of the molecule is CCOc1ccc(S(=O)(=O)NCCc2ccc(Cl)cc2)cc1OCC. The molecule has 5 nitrogen and oxygen atoms in total. The van der Waals surface area contributed by atoms with Crippen LogP contribution in [0.5, 0.6) is 11.5 Å². The zero-order chi connectivity index (χ0) is 18.3. The molecule has 1 N–H and O–H groups in total. The summed E-state index contributed by atoms with van der Waals surface area (Å²) in [5, 5.41) is 0.655. The molecule has 0 aliphatic rings. The monoisotopic (exact) mass is 383 g/mol. The van der Waals surface area contributed by atoms with Crippen LogP contribution < -0.4 is 14.2 Å². The molecule has 0 fully saturated rings. The van der Waals surface area contributed by atoms with Crippen LogP contribution in [0.4, 0.5) is 0 Å². The van der Waals surface area contributed by atoms with Gasteiger partial charge in [0.2, 0.25) is 10.0 Å². The van der Waals surface area contributed by atoms with Gasteiger partial charge in [-0.15, -0.1) is 0 Å². The fraction of sp³-hybridized carbons (Fsp3) is 0.333. The number of benzene rings is 2. The predicted molar refractivity (Wildman–Crippen MR) is 99.1 cm³/mol. The van der Waals surface area contributed by atoms with Gasteiger partial charge in [0.1, 0.15) is 0 Å². The molecule has 0 spiro atoms. The first-order valence-corrected chi connectivity index (χ1v) is 9.96. The highest BCUT2D eigenvalue weighted by molar-refractivity contribution is 7.89. The van der Waals surface area contributed by atoms with E-state index >= 15 is 0 Å². The van der Waals surface area contributed by atoms with Crippen molar-refractivity contribution in [1.82, 2.24) is 4.72 Å². The van der Waals surface area contributed by atoms with E-state index in [9.17, 15) is 8.42 Å². The van der Waals surface area contributed by atoms with Gasteiger partial charge in [0, 0.05) is 17.6 Å². The molecule has 0 saturated carbocycles. The molecule has 2 aromatic carbocycles. The van der Waals surface area contributed by atoms with E-state index < -0.39 is 10.0 Å². The predicted octanol–water partition coefficient (Wildman–Crippen LogP) is 3.66. The zero-order valence-electron chi connectivity index (χ0n) is 14.3. The average Bonchev–Trinajstić information content (AvgIpc) is 2.58. The van der Waals surface area contributed by atoms with Crippen molar-refractivity contribution in [3.8, 4) is 11.5 Å². The second kappa shape index (κ2) is 9.08. The minimum atomic E-state index is -3.62. The van der Waals surface area contributed by atoms with E-state index in [2.05, 4.69) is 4.72 Å². The van der Waals surface area contributed by atoms with Crippen LogP contribution >= 0.6 is 11.6 Å². The van der Waals surface area contributed by atoms with Crippen LogP contribution in [-0.2, 0) is 16.4 Å². The number of hydrogen-bond acceptors (Lipinski definition) is 4. The zero-order valence-corrected chi connectivity index (χ0v) is 15.9. The minimum absolute atomic E-state index is 0.149. The molecule has 0 aliphatic carbocycles. The average molecular weight is 384 g/mol. The van der Waals surface area contributed by atoms with Gasteiger partial charge >= 0.3 is 0 Å². The van der Waals surface area contributed by atoms with Crippen molar-refractivity contribution in [1.29, 1.82) is 0 Å². The van der Waals surface area contributed by atoms with Crippen molar-refractivity contribution < 1.29 is 17.9 Å². The van der Waals surface area contributed by atoms with E-state index in [1.54, 1.807) is 18.2 Å². The molecule has 0 aromatic heterocycles. The van der Waals surface area contributed by atoms with Gasteiger partial charge in [-0.25, -0.2) is 13.1 Å². The Kier molecular flexibility index (Phi) is 7.11. The molecule has 0 atom stereocenters. The molecule has 0 bridgehead atoms. The number of halogens is 1. The number of ether oxygens (including phenoxy) is 2. The molecule has 2 aromatic rings. The summed E-state index contributed by atoms with van der Waals surface area (Å²) in [6.45, 7) is 4.89. The highest BCUT2D eigenvalue weighted by atomic mass is 35.5. The second-order valence-electron chi connectivity index (χ2n) is 5.25. The van der Waals surface area contributed by atoms with Crippen LogP contribution in [0.2, 0.25) is 5.02 Å². The van der Waals surface area contributed by atoms with Crippen molar-refractivity contribution in [3.63, 3.8) is 0 Å². The van der Waals surface area contributed by atoms with Gasteiger partial charge in [0.05, 0.1) is 18.1 Å². The van der Waals surface area contributed by atoms with Crippen molar-refractivity contribution in [2.75, 3.05) is 19.8 Å². The van der Waals surface area contributed by atoms with Gasteiger partial charge in [-0.2, -0.15) is 0 Å². The number of rotatable bonds is 9. The van der Waals surface area contributed by atoms with Gasteiger partial charge in [0.25, 0.3) is 0 Å². The van der Waals surface area contributed by atoms with E-state index in [1.165, 1.54) is 12.1 Å². The second-order valence-corrected chi connectivity index (χ2v) is 7.45. The Morgan fingerprint density at radius 2 is 1.60 bits per heavy atom. The van der Waals surface area contributed by atoms with Crippen LogP contribution in [0.25, 0.3) is 0 Å². The molecule has 0 heterocycles. The lowest BCUT2D eigenvalue weighted by atomic mass is 10.2. The fourth-order valence-electron chi connectivity index (χ4n) is 2.26. The molecule has 0 aliphatic heterocycles. The minimum Gasteiger partial charge on any atom is -0.490 e. The van der Waals surface area contributed by atoms with Gasteiger partial charge in [-0.1, -0.05) is 23.7 Å². The molecule has 0 amide bonds. The molecule has 2 rings (SSSR count). The summed E-state index contributed by atoms with van der Waals surface area (Å²) in [5.41, 5.74) is 1.01. The van der Waals surface area contributed by atoms with Gasteiger partial charge < -0.3 is 9.47 Å². The van der Waals surface area contributed by atoms with Gasteiger partial charge in [-0.3, -0.25) is 0 Å². The molecule has 25 heavy (non-hydrogen) atoms. The van der Waals surface area contributed by atoms with E-state index in [4.69, 9.17) is 21.1 Å². The number of hydrogen-bond donors (Lipinski definition) is 1. The lowest BCUT2D eigenvalue weighted by Gasteiger charge is -2.13. The fourth-order valence-corrected chi connectivity index (χ4v) is 3.44. The highest BCUT2D eigenvalue weighted by Gasteiger charge is 2.17. The van der Waals surface area contributed by atoms with Crippen LogP contribution in [0, 0.1) is 0 Å². The molecule has 7 heteroatoms. The van der Waals surface area contributed by atoms with Crippen molar-refractivity contribution >= 4 is 21.6 Å². The third kappa shape index (κ3) is 5.63. The maximum absolute atomic E-state index is 12.5. The Labute approximate surface area is 154 Å². The van der Waals surface area contributed by atoms with Crippen molar-refractivity contribution in [2.45, 2.75) is 25.2 Å². The Morgan fingerprint density at radius 1 is 0.960 bits per heavy atom. The Bertz CT molecular complexity index is 791. The molecule has 0 unspecified atom stereocenters. The van der Waals surface area contributed by atoms with Gasteiger partial charge in [0.15, 0.2) is 11.5 Å². The summed E-state index contributed by atoms with van der Waals surface area (Å²) >= 11 is 5.84. The standard InChI is InChI=1S/C18H22ClNO4S/c1-3-23-17-10-9-16(13-18(17)24-4-2)25(21,22)20-12-11-14-5-7-15(19)8-6-14/h5-10,13,20H,3-4,11-12H2,1-2H3. The number of sulfonamides is 1. The smallest absolute Gasteiger partial charge is 0.240 e. The summed E-state index contributed by atoms with van der Waals surface area (Å²) in [6, 6.07) is 11.9. The molecular formula is C18H22ClNO4S. The van der Waals surface area contributed by atoms with Crippen LogP contribution in [0.1, 0.15) is 19.4 Å². The summed E-state index contributed by atoms with van der Waals surface area (Å²) in [4.78, 5) is 0.149. The quantitative estimate of drug-likeness (QED) is 0.717. The van der Waals surface area contributed by atoms with Crippen LogP contribution in [-0.4, -0.2) is 28.2 Å². The lowest BCUT2D eigenvalue weighted by molar-refractivity contribution is 0.287. The summed E-state index contributed by atoms with van der Waals surface area (Å²) in [5.74, 6) is 0.953. The molecule has 0 radical (unpaired) electrons. The Hall–Kier alpha value is -1.76. The Balaban J connectivity index is 2.07. The molecule has 136 valence electrons. The van der Waals surface area contributed by atoms with E-state index in [0.29, 0.717) is 42.7 Å². The van der Waals surface area contributed by atoms with E-state index in [-0.39, 0.29) is 4.90 Å². The molecule has 0 saturated heterocycles. The Morgan fingerprint density at radius 3 is 2.24 bits per heavy atom. The number of nitrogens with one attached hydrogen (secondary N) is 1. The lowest BCUT2D eigenvalue weighted by Crippen LogP contribution is -2.26. The normalized spacial score (nSPS) is 11.3. The maximum Gasteiger partial charge on any atom is 0.240 e. The third-order valence-electron chi connectivity index (χ3n) is 3.44. The summed E-state index contributed by atoms with van der Waals surface area (Å²) < 4.78 is 38.5. The van der Waals surface area contributed by atoms with Crippen LogP contribution in [0.3, 0.4) is 0 Å². The molecular weight excluding hydrogens is 362 g/mol. The van der Waals surface area contributed by atoms with Gasteiger partial charge in [-0.05, 0) is 50.1 Å². The first kappa shape index (κ1) is 19.6. The van der Waals surface area contributed by atoms with Crippen LogP contribution in [0.15, 0.2) is 47.4 Å². The van der Waals surface area contributed by atoms with E-state index in [1.807, 2.05) is 26.0 Å². The first-order chi connectivity index (χ1) is 12.0. The summed E-state index contributed by atoms with van der Waals surface area (Å²) in [7, 11) is -3.62. The highest BCUT2D eigenvalue weighted by Crippen LogP contribution is 2.30. The third-order valence-corrected chi connectivity index (χ3v) is 5.15. The summed E-state index contributed by atoms with van der Waals surface area (Å²) in [6.07, 6.45) is 0.575.